The van der Waals surface area contributed by atoms with Gasteiger partial charge in [0.1, 0.15) is 5.75 Å². The molecule has 1 unspecified atom stereocenters. The number of hydrogen-bond donors (Lipinski definition) is 1. The number of rotatable bonds is 4. The Balaban J connectivity index is 1.55. The van der Waals surface area contributed by atoms with Crippen molar-refractivity contribution in [3.05, 3.63) is 29.8 Å². The summed E-state index contributed by atoms with van der Waals surface area (Å²) in [4.78, 5) is 14.4. The van der Waals surface area contributed by atoms with Crippen molar-refractivity contribution in [1.82, 2.24) is 4.90 Å². The smallest absolute Gasteiger partial charge is 0.253 e. The number of carbonyl (C=O) groups excluding carboxylic acids is 1. The number of likely N-dealkylation sites (tertiary alicyclic amines) is 1. The first-order chi connectivity index (χ1) is 11.1. The highest BCUT2D eigenvalue weighted by atomic mass is 16.5. The normalized spacial score (nSPS) is 21.4. The predicted molar refractivity (Wildman–Crippen MR) is 89.6 cm³/mol. The number of hydrogen-bond acceptors (Lipinski definition) is 3. The van der Waals surface area contributed by atoms with Crippen molar-refractivity contribution in [2.75, 3.05) is 13.1 Å². The molecular formula is C19H27NO3. The molecule has 1 aromatic carbocycles. The Labute approximate surface area is 138 Å². The molecule has 0 radical (unpaired) electrons. The van der Waals surface area contributed by atoms with Gasteiger partial charge >= 0.3 is 0 Å². The van der Waals surface area contributed by atoms with Gasteiger partial charge in [0.05, 0.1) is 12.2 Å². The predicted octanol–water partition coefficient (Wildman–Crippen LogP) is 3.24. The average molecular weight is 317 g/mol. The van der Waals surface area contributed by atoms with Crippen molar-refractivity contribution >= 4 is 5.91 Å². The molecule has 1 saturated carbocycles. The van der Waals surface area contributed by atoms with Gasteiger partial charge in [0.2, 0.25) is 0 Å². The largest absolute Gasteiger partial charge is 0.490 e. The number of carbonyl (C=O) groups is 1. The van der Waals surface area contributed by atoms with Gasteiger partial charge in [0.15, 0.2) is 0 Å². The van der Waals surface area contributed by atoms with Crippen molar-refractivity contribution in [1.29, 1.82) is 0 Å². The molecule has 1 aromatic rings. The van der Waals surface area contributed by atoms with E-state index in [-0.39, 0.29) is 12.0 Å². The minimum atomic E-state index is -0.278. The van der Waals surface area contributed by atoms with Crippen LogP contribution in [-0.4, -0.2) is 41.2 Å². The Kier molecular flexibility index (Phi) is 5.21. The highest BCUT2D eigenvalue weighted by Gasteiger charge is 2.26. The monoisotopic (exact) mass is 317 g/mol. The summed E-state index contributed by atoms with van der Waals surface area (Å²) in [5.74, 6) is 1.27. The second-order valence-electron chi connectivity index (χ2n) is 6.92. The molecule has 1 aliphatic carbocycles. The lowest BCUT2D eigenvalue weighted by Gasteiger charge is -2.33. The minimum absolute atomic E-state index is 0.0847. The number of amides is 1. The van der Waals surface area contributed by atoms with Crippen molar-refractivity contribution in [2.24, 2.45) is 5.92 Å². The molecule has 0 spiro atoms. The standard InChI is InChI=1S/C19H27NO3/c1-14(21)15-10-12-20(13-11-15)19(22)16-6-8-18(9-7-16)23-17-4-2-3-5-17/h6-9,14-15,17,21H,2-5,10-13H2,1H3. The average Bonchev–Trinajstić information content (AvgIpc) is 3.08. The SMILES string of the molecule is CC(O)C1CCN(C(=O)c2ccc(OC3CCCC3)cc2)CC1. The number of nitrogens with zero attached hydrogens (tertiary/aromatic N) is 1. The van der Waals surface area contributed by atoms with E-state index in [1.807, 2.05) is 36.1 Å². The lowest BCUT2D eigenvalue weighted by Crippen LogP contribution is -2.40. The molecule has 1 heterocycles. The number of aliphatic hydroxyl groups is 1. The molecule has 1 saturated heterocycles. The second kappa shape index (κ2) is 7.35. The molecule has 23 heavy (non-hydrogen) atoms. The fourth-order valence-corrected chi connectivity index (χ4v) is 3.64. The Hall–Kier alpha value is -1.55. The van der Waals surface area contributed by atoms with E-state index in [1.165, 1.54) is 12.8 Å². The third-order valence-electron chi connectivity index (χ3n) is 5.22. The first-order valence-corrected chi connectivity index (χ1v) is 8.87. The summed E-state index contributed by atoms with van der Waals surface area (Å²) in [5.41, 5.74) is 0.722. The Morgan fingerprint density at radius 2 is 1.74 bits per heavy atom. The molecule has 2 fully saturated rings. The first kappa shape index (κ1) is 16.3. The van der Waals surface area contributed by atoms with Gasteiger partial charge in [0.25, 0.3) is 5.91 Å². The maximum Gasteiger partial charge on any atom is 0.253 e. The van der Waals surface area contributed by atoms with Crippen molar-refractivity contribution in [2.45, 2.75) is 57.7 Å². The van der Waals surface area contributed by atoms with E-state index in [1.54, 1.807) is 0 Å². The van der Waals surface area contributed by atoms with E-state index in [0.29, 0.717) is 12.0 Å². The zero-order valence-electron chi connectivity index (χ0n) is 13.9. The molecule has 2 aliphatic rings. The van der Waals surface area contributed by atoms with Gasteiger partial charge in [-0.25, -0.2) is 0 Å². The van der Waals surface area contributed by atoms with Gasteiger partial charge in [-0.3, -0.25) is 4.79 Å². The van der Waals surface area contributed by atoms with Crippen LogP contribution >= 0.6 is 0 Å². The Morgan fingerprint density at radius 3 is 2.30 bits per heavy atom. The van der Waals surface area contributed by atoms with Gasteiger partial charge in [-0.2, -0.15) is 0 Å². The van der Waals surface area contributed by atoms with Crippen LogP contribution in [0.5, 0.6) is 5.75 Å². The van der Waals surface area contributed by atoms with E-state index >= 15 is 0 Å². The van der Waals surface area contributed by atoms with E-state index < -0.39 is 0 Å². The summed E-state index contributed by atoms with van der Waals surface area (Å²) >= 11 is 0. The summed E-state index contributed by atoms with van der Waals surface area (Å²) in [6, 6.07) is 7.56. The van der Waals surface area contributed by atoms with Crippen LogP contribution in [0.25, 0.3) is 0 Å². The lowest BCUT2D eigenvalue weighted by molar-refractivity contribution is 0.0521. The topological polar surface area (TPSA) is 49.8 Å². The third kappa shape index (κ3) is 4.05. The Morgan fingerprint density at radius 1 is 1.13 bits per heavy atom. The zero-order chi connectivity index (χ0) is 16.2. The highest BCUT2D eigenvalue weighted by Crippen LogP contribution is 2.25. The quantitative estimate of drug-likeness (QED) is 0.927. The summed E-state index contributed by atoms with van der Waals surface area (Å²) in [6.45, 7) is 3.30. The van der Waals surface area contributed by atoms with Crippen molar-refractivity contribution in [3.8, 4) is 5.75 Å². The van der Waals surface area contributed by atoms with E-state index in [4.69, 9.17) is 4.74 Å². The molecule has 0 aromatic heterocycles. The van der Waals surface area contributed by atoms with Crippen LogP contribution in [0.4, 0.5) is 0 Å². The number of piperidine rings is 1. The van der Waals surface area contributed by atoms with Crippen LogP contribution in [0.15, 0.2) is 24.3 Å². The molecule has 1 amide bonds. The molecule has 126 valence electrons. The molecule has 3 rings (SSSR count). The molecule has 0 bridgehead atoms. The zero-order valence-corrected chi connectivity index (χ0v) is 13.9. The fourth-order valence-electron chi connectivity index (χ4n) is 3.64. The van der Waals surface area contributed by atoms with E-state index in [0.717, 1.165) is 50.1 Å². The summed E-state index contributed by atoms with van der Waals surface area (Å²) in [6.07, 6.45) is 6.61. The van der Waals surface area contributed by atoms with Gasteiger partial charge < -0.3 is 14.7 Å². The molecule has 4 heteroatoms. The first-order valence-electron chi connectivity index (χ1n) is 8.87. The molecule has 1 N–H and O–H groups in total. The van der Waals surface area contributed by atoms with Crippen LogP contribution in [0.1, 0.15) is 55.8 Å². The van der Waals surface area contributed by atoms with Gasteiger partial charge in [-0.1, -0.05) is 0 Å². The van der Waals surface area contributed by atoms with Crippen LogP contribution < -0.4 is 4.74 Å². The van der Waals surface area contributed by atoms with Crippen LogP contribution in [0.3, 0.4) is 0 Å². The van der Waals surface area contributed by atoms with E-state index in [2.05, 4.69) is 0 Å². The van der Waals surface area contributed by atoms with Gasteiger partial charge in [-0.15, -0.1) is 0 Å². The van der Waals surface area contributed by atoms with E-state index in [9.17, 15) is 9.90 Å². The van der Waals surface area contributed by atoms with Crippen LogP contribution in [-0.2, 0) is 0 Å². The summed E-state index contributed by atoms with van der Waals surface area (Å²) < 4.78 is 5.94. The minimum Gasteiger partial charge on any atom is -0.490 e. The Bertz CT molecular complexity index is 512. The van der Waals surface area contributed by atoms with Crippen LogP contribution in [0.2, 0.25) is 0 Å². The third-order valence-corrected chi connectivity index (χ3v) is 5.22. The molecule has 1 atom stereocenters. The summed E-state index contributed by atoms with van der Waals surface area (Å²) in [7, 11) is 0. The van der Waals surface area contributed by atoms with Crippen LogP contribution in [0, 0.1) is 5.92 Å². The van der Waals surface area contributed by atoms with Gasteiger partial charge in [-0.05, 0) is 75.6 Å². The van der Waals surface area contributed by atoms with Crippen molar-refractivity contribution in [3.63, 3.8) is 0 Å². The molecular weight excluding hydrogens is 290 g/mol. The molecule has 1 aliphatic heterocycles. The number of ether oxygens (including phenoxy) is 1. The summed E-state index contributed by atoms with van der Waals surface area (Å²) in [5, 5.41) is 9.65. The fraction of sp³-hybridized carbons (Fsp3) is 0.632. The second-order valence-corrected chi connectivity index (χ2v) is 6.92. The maximum atomic E-state index is 12.6. The number of benzene rings is 1. The number of aliphatic hydroxyl groups excluding tert-OH is 1. The highest BCUT2D eigenvalue weighted by molar-refractivity contribution is 5.94. The molecule has 4 nitrogen and oxygen atoms in total. The lowest BCUT2D eigenvalue weighted by atomic mass is 9.92. The van der Waals surface area contributed by atoms with Gasteiger partial charge in [0, 0.05) is 18.7 Å². The maximum absolute atomic E-state index is 12.6. The van der Waals surface area contributed by atoms with Crippen molar-refractivity contribution < 1.29 is 14.6 Å².